The minimum atomic E-state index is -0.333. The van der Waals surface area contributed by atoms with Crippen LogP contribution < -0.4 is 5.32 Å². The highest BCUT2D eigenvalue weighted by molar-refractivity contribution is 5.40. The van der Waals surface area contributed by atoms with Gasteiger partial charge in [-0.3, -0.25) is 0 Å². The molecule has 0 aromatic heterocycles. The molecule has 1 heterocycles. The normalized spacial score (nSPS) is 21.7. The lowest BCUT2D eigenvalue weighted by atomic mass is 9.93. The lowest BCUT2D eigenvalue weighted by molar-refractivity contribution is 0.645. The van der Waals surface area contributed by atoms with Gasteiger partial charge in [0.1, 0.15) is 0 Å². The largest absolute Gasteiger partial charge is 0.300 e. The van der Waals surface area contributed by atoms with Crippen molar-refractivity contribution in [1.82, 2.24) is 5.32 Å². The molecule has 2 rings (SSSR count). The highest BCUT2D eigenvalue weighted by Crippen LogP contribution is 2.36. The Hall–Kier alpha value is -1.41. The number of nitrogens with one attached hydrogen (secondary N) is 1. The molecule has 1 N–H and O–H groups in total. The first-order chi connectivity index (χ1) is 7.49. The predicted molar refractivity (Wildman–Crippen MR) is 66.9 cm³/mol. The monoisotopic (exact) mass is 219 g/mol. The second kappa shape index (κ2) is 5.08. The van der Waals surface area contributed by atoms with Gasteiger partial charge in [-0.2, -0.15) is 0 Å². The van der Waals surface area contributed by atoms with Crippen molar-refractivity contribution in [2.75, 3.05) is 6.54 Å². The van der Waals surface area contributed by atoms with Crippen molar-refractivity contribution in [1.29, 1.82) is 0 Å². The van der Waals surface area contributed by atoms with E-state index in [0.717, 1.165) is 6.54 Å². The number of allylic oxidation sites excluding steroid dienone is 1. The van der Waals surface area contributed by atoms with E-state index in [4.69, 9.17) is 0 Å². The Kier molecular flexibility index (Phi) is 4.02. The van der Waals surface area contributed by atoms with Gasteiger partial charge in [-0.15, -0.1) is 0 Å². The van der Waals surface area contributed by atoms with Crippen molar-refractivity contribution >= 4 is 0 Å². The zero-order chi connectivity index (χ0) is 12.2. The van der Waals surface area contributed by atoms with Crippen molar-refractivity contribution in [2.24, 2.45) is 0 Å². The van der Waals surface area contributed by atoms with Gasteiger partial charge in [-0.1, -0.05) is 49.1 Å². The van der Waals surface area contributed by atoms with Crippen LogP contribution in [0.5, 0.6) is 0 Å². The maximum absolute atomic E-state index is 10.8. The average molecular weight is 219 g/mol. The van der Waals surface area contributed by atoms with Crippen LogP contribution in [0.15, 0.2) is 54.9 Å². The first kappa shape index (κ1) is 12.7. The van der Waals surface area contributed by atoms with E-state index in [1.54, 1.807) is 0 Å². The number of hydrogen-bond acceptors (Lipinski definition) is 1. The Morgan fingerprint density at radius 1 is 1.25 bits per heavy atom. The van der Waals surface area contributed by atoms with E-state index in [9.17, 15) is 4.39 Å². The lowest BCUT2D eigenvalue weighted by Gasteiger charge is -2.13. The van der Waals surface area contributed by atoms with Gasteiger partial charge in [0.2, 0.25) is 0 Å². The molecule has 1 fully saturated rings. The van der Waals surface area contributed by atoms with E-state index in [2.05, 4.69) is 49.7 Å². The third kappa shape index (κ3) is 3.04. The standard InChI is InChI=1S/C11H13N.C3H5F/c1-9(2)11(8-12-11)10-6-4-3-5-7-10;1-3(2)4/h3-7,12H,1,8H2,2H3;1H2,2H3. The lowest BCUT2D eigenvalue weighted by Crippen LogP contribution is -2.13. The minimum absolute atomic E-state index is 0.0985. The Morgan fingerprint density at radius 3 is 2.00 bits per heavy atom. The smallest absolute Gasteiger partial charge is 0.0897 e. The molecule has 0 aliphatic carbocycles. The first-order valence-corrected chi connectivity index (χ1v) is 5.26. The molecule has 1 atom stereocenters. The summed E-state index contributed by atoms with van der Waals surface area (Å²) in [5.41, 5.74) is 2.63. The third-order valence-electron chi connectivity index (χ3n) is 2.53. The molecule has 0 radical (unpaired) electrons. The van der Waals surface area contributed by atoms with Crippen LogP contribution in [0, 0.1) is 0 Å². The molecule has 1 aromatic carbocycles. The fraction of sp³-hybridized carbons (Fsp3) is 0.286. The Labute approximate surface area is 96.7 Å². The SMILES string of the molecule is C=C(C)C1(c2ccccc2)CN1.C=C(C)F. The summed E-state index contributed by atoms with van der Waals surface area (Å²) in [6.07, 6.45) is 0. The number of rotatable bonds is 2. The van der Waals surface area contributed by atoms with Gasteiger partial charge in [-0.25, -0.2) is 4.39 Å². The summed E-state index contributed by atoms with van der Waals surface area (Å²) >= 11 is 0. The topological polar surface area (TPSA) is 21.9 Å². The van der Waals surface area contributed by atoms with Crippen LogP contribution in [-0.4, -0.2) is 6.54 Å². The number of hydrogen-bond donors (Lipinski definition) is 1. The fourth-order valence-electron chi connectivity index (χ4n) is 1.56. The molecular weight excluding hydrogens is 201 g/mol. The van der Waals surface area contributed by atoms with Crippen molar-refractivity contribution < 1.29 is 4.39 Å². The third-order valence-corrected chi connectivity index (χ3v) is 2.53. The molecule has 1 aliphatic rings. The molecular formula is C14H18FN. The molecule has 16 heavy (non-hydrogen) atoms. The summed E-state index contributed by atoms with van der Waals surface area (Å²) in [6.45, 7) is 11.3. The minimum Gasteiger partial charge on any atom is -0.300 e. The van der Waals surface area contributed by atoms with Gasteiger partial charge < -0.3 is 5.32 Å². The van der Waals surface area contributed by atoms with Gasteiger partial charge in [0.05, 0.1) is 11.4 Å². The summed E-state index contributed by atoms with van der Waals surface area (Å²) in [5, 5.41) is 3.36. The molecule has 86 valence electrons. The van der Waals surface area contributed by atoms with E-state index in [0.29, 0.717) is 0 Å². The zero-order valence-corrected chi connectivity index (χ0v) is 9.89. The highest BCUT2D eigenvalue weighted by Gasteiger charge is 2.44. The molecule has 0 amide bonds. The Balaban J connectivity index is 0.000000280. The molecule has 2 heteroatoms. The van der Waals surface area contributed by atoms with Crippen LogP contribution in [0.25, 0.3) is 0 Å². The molecule has 1 aromatic rings. The molecule has 1 aliphatic heterocycles. The summed E-state index contributed by atoms with van der Waals surface area (Å²) in [4.78, 5) is 0. The van der Waals surface area contributed by atoms with Crippen molar-refractivity contribution in [3.05, 3.63) is 60.5 Å². The van der Waals surface area contributed by atoms with E-state index < -0.39 is 0 Å². The summed E-state index contributed by atoms with van der Waals surface area (Å²) < 4.78 is 10.8. The van der Waals surface area contributed by atoms with Crippen LogP contribution in [0.2, 0.25) is 0 Å². The number of benzene rings is 1. The predicted octanol–water partition coefficient (Wildman–Crippen LogP) is 3.55. The van der Waals surface area contributed by atoms with Gasteiger partial charge in [0, 0.05) is 6.54 Å². The highest BCUT2D eigenvalue weighted by atomic mass is 19.1. The quantitative estimate of drug-likeness (QED) is 0.596. The zero-order valence-electron chi connectivity index (χ0n) is 9.89. The van der Waals surface area contributed by atoms with Gasteiger partial charge in [-0.05, 0) is 19.4 Å². The van der Waals surface area contributed by atoms with Crippen molar-refractivity contribution in [3.8, 4) is 0 Å². The molecule has 1 saturated heterocycles. The average Bonchev–Trinajstić information content (AvgIpc) is 2.98. The fourth-order valence-corrected chi connectivity index (χ4v) is 1.56. The molecule has 1 unspecified atom stereocenters. The van der Waals surface area contributed by atoms with Crippen LogP contribution in [0.4, 0.5) is 4.39 Å². The second-order valence-electron chi connectivity index (χ2n) is 4.08. The van der Waals surface area contributed by atoms with Crippen LogP contribution in [0.1, 0.15) is 19.4 Å². The Morgan fingerprint density at radius 2 is 1.69 bits per heavy atom. The number of halogens is 1. The molecule has 1 nitrogen and oxygen atoms in total. The van der Waals surface area contributed by atoms with Crippen LogP contribution in [-0.2, 0) is 5.54 Å². The molecule has 0 saturated carbocycles. The van der Waals surface area contributed by atoms with E-state index in [1.165, 1.54) is 18.1 Å². The maximum Gasteiger partial charge on any atom is 0.0897 e. The van der Waals surface area contributed by atoms with E-state index in [-0.39, 0.29) is 11.4 Å². The van der Waals surface area contributed by atoms with Gasteiger partial charge in [0.15, 0.2) is 0 Å². The summed E-state index contributed by atoms with van der Waals surface area (Å²) in [6, 6.07) is 10.5. The maximum atomic E-state index is 10.8. The first-order valence-electron chi connectivity index (χ1n) is 5.26. The van der Waals surface area contributed by atoms with E-state index >= 15 is 0 Å². The Bertz CT molecular complexity index is 373. The van der Waals surface area contributed by atoms with Gasteiger partial charge in [0.25, 0.3) is 0 Å². The van der Waals surface area contributed by atoms with Crippen LogP contribution >= 0.6 is 0 Å². The van der Waals surface area contributed by atoms with Crippen molar-refractivity contribution in [3.63, 3.8) is 0 Å². The molecule has 0 bridgehead atoms. The van der Waals surface area contributed by atoms with Gasteiger partial charge >= 0.3 is 0 Å². The van der Waals surface area contributed by atoms with E-state index in [1.807, 2.05) is 6.07 Å². The van der Waals surface area contributed by atoms with Crippen LogP contribution in [0.3, 0.4) is 0 Å². The summed E-state index contributed by atoms with van der Waals surface area (Å²) in [5.74, 6) is -0.333. The molecule has 0 spiro atoms. The second-order valence-corrected chi connectivity index (χ2v) is 4.08. The summed E-state index contributed by atoms with van der Waals surface area (Å²) in [7, 11) is 0. The van der Waals surface area contributed by atoms with Crippen molar-refractivity contribution in [2.45, 2.75) is 19.4 Å².